The van der Waals surface area contributed by atoms with Crippen molar-refractivity contribution in [2.24, 2.45) is 0 Å². The van der Waals surface area contributed by atoms with E-state index in [0.29, 0.717) is 5.56 Å². The van der Waals surface area contributed by atoms with Gasteiger partial charge in [-0.3, -0.25) is 0 Å². The molecule has 0 bridgehead atoms. The molecule has 0 heterocycles. The minimum Gasteiger partial charge on any atom is -0.364 e. The molecule has 0 unspecified atom stereocenters. The molecular formula is C14H14O2. The first kappa shape index (κ1) is 10.9. The van der Waals surface area contributed by atoms with Gasteiger partial charge >= 0.3 is 0 Å². The summed E-state index contributed by atoms with van der Waals surface area (Å²) in [4.78, 5) is 0. The van der Waals surface area contributed by atoms with Crippen LogP contribution in [-0.4, -0.2) is 10.2 Å². The zero-order valence-electron chi connectivity index (χ0n) is 9.09. The number of hydrogen-bond donors (Lipinski definition) is 2. The van der Waals surface area contributed by atoms with E-state index in [-0.39, 0.29) is 0 Å². The largest absolute Gasteiger partial charge is 0.364 e. The Bertz CT molecular complexity index is 475. The molecule has 0 spiro atoms. The van der Waals surface area contributed by atoms with E-state index in [1.165, 1.54) is 0 Å². The van der Waals surface area contributed by atoms with E-state index in [1.54, 1.807) is 6.07 Å². The smallest absolute Gasteiger partial charge is 0.178 e. The van der Waals surface area contributed by atoms with Crippen LogP contribution in [0, 0.1) is 6.92 Å². The predicted molar refractivity (Wildman–Crippen MR) is 63.8 cm³/mol. The number of benzene rings is 2. The Morgan fingerprint density at radius 2 is 1.56 bits per heavy atom. The molecule has 2 N–H and O–H groups in total. The molecule has 0 aliphatic carbocycles. The molecule has 0 amide bonds. The Morgan fingerprint density at radius 3 is 2.19 bits per heavy atom. The molecule has 0 atom stereocenters. The van der Waals surface area contributed by atoms with E-state index in [2.05, 4.69) is 0 Å². The van der Waals surface area contributed by atoms with Crippen LogP contribution in [0.1, 0.15) is 17.4 Å². The van der Waals surface area contributed by atoms with Crippen LogP contribution in [0.5, 0.6) is 0 Å². The van der Waals surface area contributed by atoms with Gasteiger partial charge in [-0.25, -0.2) is 0 Å². The van der Waals surface area contributed by atoms with E-state index in [9.17, 15) is 10.2 Å². The van der Waals surface area contributed by atoms with E-state index in [1.807, 2.05) is 49.4 Å². The van der Waals surface area contributed by atoms with E-state index >= 15 is 0 Å². The summed E-state index contributed by atoms with van der Waals surface area (Å²) in [5.74, 6) is 0. The van der Waals surface area contributed by atoms with Gasteiger partial charge in [-0.2, -0.15) is 0 Å². The molecule has 0 radical (unpaired) electrons. The summed E-state index contributed by atoms with van der Waals surface area (Å²) in [6, 6.07) is 15.5. The van der Waals surface area contributed by atoms with Crippen LogP contribution in [0.25, 0.3) is 11.1 Å². The molecule has 2 aromatic rings. The van der Waals surface area contributed by atoms with Crippen LogP contribution in [0.2, 0.25) is 0 Å². The first-order valence-corrected chi connectivity index (χ1v) is 5.21. The lowest BCUT2D eigenvalue weighted by Gasteiger charge is -2.12. The second kappa shape index (κ2) is 4.47. The lowest BCUT2D eigenvalue weighted by Crippen LogP contribution is -1.99. The van der Waals surface area contributed by atoms with Crippen molar-refractivity contribution in [2.45, 2.75) is 13.2 Å². The van der Waals surface area contributed by atoms with Gasteiger partial charge < -0.3 is 10.2 Å². The normalized spacial score (nSPS) is 10.8. The van der Waals surface area contributed by atoms with Crippen molar-refractivity contribution in [3.05, 3.63) is 59.7 Å². The summed E-state index contributed by atoms with van der Waals surface area (Å²) in [6.07, 6.45) is -1.41. The molecule has 2 heteroatoms. The predicted octanol–water partition coefficient (Wildman–Crippen LogP) is 2.65. The zero-order valence-corrected chi connectivity index (χ0v) is 9.09. The van der Waals surface area contributed by atoms with Crippen molar-refractivity contribution >= 4 is 0 Å². The lowest BCUT2D eigenvalue weighted by atomic mass is 9.96. The summed E-state index contributed by atoms with van der Waals surface area (Å²) in [5.41, 5.74) is 3.58. The third kappa shape index (κ3) is 1.98. The Labute approximate surface area is 94.8 Å². The molecule has 82 valence electrons. The molecule has 0 fully saturated rings. The zero-order chi connectivity index (χ0) is 11.5. The van der Waals surface area contributed by atoms with Gasteiger partial charge in [0.1, 0.15) is 0 Å². The van der Waals surface area contributed by atoms with Crippen molar-refractivity contribution in [1.29, 1.82) is 0 Å². The maximum atomic E-state index is 9.23. The number of aliphatic hydroxyl groups excluding tert-OH is 1. The SMILES string of the molecule is Cc1c(-c2ccccc2)cccc1C(O)O. The highest BCUT2D eigenvalue weighted by atomic mass is 16.5. The lowest BCUT2D eigenvalue weighted by molar-refractivity contribution is -0.0428. The maximum absolute atomic E-state index is 9.23. The van der Waals surface area contributed by atoms with Crippen LogP contribution in [0.4, 0.5) is 0 Å². The summed E-state index contributed by atoms with van der Waals surface area (Å²) in [5, 5.41) is 18.5. The molecule has 0 aliphatic rings. The second-order valence-corrected chi connectivity index (χ2v) is 3.76. The van der Waals surface area contributed by atoms with Gasteiger partial charge in [-0.05, 0) is 23.6 Å². The molecular weight excluding hydrogens is 200 g/mol. The van der Waals surface area contributed by atoms with Gasteiger partial charge in [-0.1, -0.05) is 48.5 Å². The number of rotatable bonds is 2. The van der Waals surface area contributed by atoms with Crippen molar-refractivity contribution in [3.8, 4) is 11.1 Å². The minimum absolute atomic E-state index is 0.557. The monoisotopic (exact) mass is 214 g/mol. The highest BCUT2D eigenvalue weighted by Crippen LogP contribution is 2.27. The quantitative estimate of drug-likeness (QED) is 0.754. The molecule has 0 saturated heterocycles. The molecule has 0 aliphatic heterocycles. The number of hydrogen-bond acceptors (Lipinski definition) is 2. The summed E-state index contributed by atoms with van der Waals surface area (Å²) < 4.78 is 0. The highest BCUT2D eigenvalue weighted by molar-refractivity contribution is 5.68. The molecule has 2 aromatic carbocycles. The topological polar surface area (TPSA) is 40.5 Å². The molecule has 0 saturated carbocycles. The van der Waals surface area contributed by atoms with Crippen molar-refractivity contribution in [2.75, 3.05) is 0 Å². The van der Waals surface area contributed by atoms with Gasteiger partial charge in [0.15, 0.2) is 6.29 Å². The molecule has 0 aromatic heterocycles. The van der Waals surface area contributed by atoms with Gasteiger partial charge in [0.05, 0.1) is 0 Å². The summed E-state index contributed by atoms with van der Waals surface area (Å²) in [6.45, 7) is 1.90. The molecule has 2 rings (SSSR count). The standard InChI is InChI=1S/C14H14O2/c1-10-12(11-6-3-2-4-7-11)8-5-9-13(10)14(15)16/h2-9,14-16H,1H3. The molecule has 16 heavy (non-hydrogen) atoms. The highest BCUT2D eigenvalue weighted by Gasteiger charge is 2.10. The fourth-order valence-corrected chi connectivity index (χ4v) is 1.86. The van der Waals surface area contributed by atoms with E-state index in [0.717, 1.165) is 16.7 Å². The van der Waals surface area contributed by atoms with Gasteiger partial charge in [0.25, 0.3) is 0 Å². The fourth-order valence-electron chi connectivity index (χ4n) is 1.86. The Hall–Kier alpha value is -1.64. The summed E-state index contributed by atoms with van der Waals surface area (Å²) in [7, 11) is 0. The second-order valence-electron chi connectivity index (χ2n) is 3.76. The van der Waals surface area contributed by atoms with Crippen LogP contribution >= 0.6 is 0 Å². The maximum Gasteiger partial charge on any atom is 0.178 e. The van der Waals surface area contributed by atoms with Crippen LogP contribution in [0.15, 0.2) is 48.5 Å². The Morgan fingerprint density at radius 1 is 0.875 bits per heavy atom. The Kier molecular flexibility index (Phi) is 3.04. The number of aliphatic hydroxyl groups is 2. The first-order chi connectivity index (χ1) is 7.70. The third-order valence-corrected chi connectivity index (χ3v) is 2.74. The van der Waals surface area contributed by atoms with Crippen LogP contribution < -0.4 is 0 Å². The first-order valence-electron chi connectivity index (χ1n) is 5.21. The van der Waals surface area contributed by atoms with Crippen molar-refractivity contribution in [3.63, 3.8) is 0 Å². The van der Waals surface area contributed by atoms with E-state index < -0.39 is 6.29 Å². The van der Waals surface area contributed by atoms with Crippen molar-refractivity contribution in [1.82, 2.24) is 0 Å². The Balaban J connectivity index is 2.55. The van der Waals surface area contributed by atoms with Gasteiger partial charge in [-0.15, -0.1) is 0 Å². The molecule has 2 nitrogen and oxygen atoms in total. The van der Waals surface area contributed by atoms with E-state index in [4.69, 9.17) is 0 Å². The third-order valence-electron chi connectivity index (χ3n) is 2.74. The average Bonchev–Trinajstić information content (AvgIpc) is 2.30. The minimum atomic E-state index is -1.41. The van der Waals surface area contributed by atoms with Crippen molar-refractivity contribution < 1.29 is 10.2 Å². The van der Waals surface area contributed by atoms with Crippen LogP contribution in [-0.2, 0) is 0 Å². The van der Waals surface area contributed by atoms with Gasteiger partial charge in [0.2, 0.25) is 0 Å². The summed E-state index contributed by atoms with van der Waals surface area (Å²) >= 11 is 0. The van der Waals surface area contributed by atoms with Crippen LogP contribution in [0.3, 0.4) is 0 Å². The average molecular weight is 214 g/mol. The van der Waals surface area contributed by atoms with Gasteiger partial charge in [0, 0.05) is 5.56 Å². The fraction of sp³-hybridized carbons (Fsp3) is 0.143.